The first kappa shape index (κ1) is 21.1. The Bertz CT molecular complexity index is 545. The molecule has 1 atom stereocenters. The Kier molecular flexibility index (Phi) is 9.53. The Morgan fingerprint density at radius 1 is 1.50 bits per heavy atom. The topological polar surface area (TPSA) is 69.1 Å². The van der Waals surface area contributed by atoms with Crippen molar-refractivity contribution >= 4 is 47.2 Å². The Morgan fingerprint density at radius 2 is 2.29 bits per heavy atom. The van der Waals surface area contributed by atoms with Crippen LogP contribution in [0.3, 0.4) is 0 Å². The molecule has 8 heteroatoms. The number of aliphatic imine (C=N–C) groups is 1. The van der Waals surface area contributed by atoms with Crippen molar-refractivity contribution in [2.45, 2.75) is 19.4 Å². The van der Waals surface area contributed by atoms with Gasteiger partial charge < -0.3 is 25.4 Å². The zero-order valence-corrected chi connectivity index (χ0v) is 17.2. The van der Waals surface area contributed by atoms with Gasteiger partial charge in [0.15, 0.2) is 5.96 Å². The van der Waals surface area contributed by atoms with Crippen LogP contribution >= 0.6 is 35.6 Å². The first-order valence-corrected chi connectivity index (χ1v) is 8.30. The van der Waals surface area contributed by atoms with Crippen molar-refractivity contribution in [1.82, 2.24) is 10.6 Å². The van der Waals surface area contributed by atoms with Gasteiger partial charge in [0.1, 0.15) is 5.75 Å². The fraction of sp³-hybridized carbons (Fsp3) is 0.562. The number of halogens is 2. The van der Waals surface area contributed by atoms with Crippen LogP contribution in [-0.4, -0.2) is 57.0 Å². The van der Waals surface area contributed by atoms with Crippen molar-refractivity contribution in [1.29, 1.82) is 0 Å². The summed E-state index contributed by atoms with van der Waals surface area (Å²) in [5, 5.41) is 16.2. The highest BCUT2D eigenvalue weighted by molar-refractivity contribution is 14.0. The summed E-state index contributed by atoms with van der Waals surface area (Å²) in [7, 11) is 1.67. The Labute approximate surface area is 165 Å². The molecular formula is C16H26ClIN4O2. The van der Waals surface area contributed by atoms with E-state index in [1.54, 1.807) is 7.11 Å². The lowest BCUT2D eigenvalue weighted by Gasteiger charge is -2.22. The van der Waals surface area contributed by atoms with E-state index in [1.165, 1.54) is 0 Å². The molecule has 0 aliphatic carbocycles. The van der Waals surface area contributed by atoms with E-state index in [0.717, 1.165) is 43.5 Å². The van der Waals surface area contributed by atoms with Crippen LogP contribution < -0.4 is 20.3 Å². The van der Waals surface area contributed by atoms with E-state index in [0.29, 0.717) is 11.6 Å². The van der Waals surface area contributed by atoms with E-state index in [1.807, 2.05) is 25.1 Å². The van der Waals surface area contributed by atoms with Crippen LogP contribution in [0.15, 0.2) is 23.2 Å². The quantitative estimate of drug-likeness (QED) is 0.339. The highest BCUT2D eigenvalue weighted by Gasteiger charge is 2.25. The number of aliphatic hydroxyl groups excluding tert-OH is 1. The molecule has 1 heterocycles. The van der Waals surface area contributed by atoms with Gasteiger partial charge in [-0.05, 0) is 31.5 Å². The second kappa shape index (κ2) is 10.8. The van der Waals surface area contributed by atoms with Gasteiger partial charge in [-0.3, -0.25) is 4.99 Å². The summed E-state index contributed by atoms with van der Waals surface area (Å²) < 4.78 is 5.44. The molecule has 0 aromatic heterocycles. The molecule has 1 unspecified atom stereocenters. The minimum atomic E-state index is 0. The van der Waals surface area contributed by atoms with Crippen molar-refractivity contribution in [2.75, 3.05) is 44.8 Å². The molecule has 0 spiro atoms. The van der Waals surface area contributed by atoms with Crippen molar-refractivity contribution in [3.8, 4) is 5.75 Å². The maximum absolute atomic E-state index is 8.92. The monoisotopic (exact) mass is 468 g/mol. The standard InChI is InChI=1S/C16H25ClN4O2.HI/c1-3-18-16(19-7-9-22)20-13-6-8-21(11-13)14-10-12(17)4-5-15(14)23-2;/h4-5,10,13,22H,3,6-9,11H2,1-2H3,(H2,18,19,20);1H. The molecule has 1 aromatic rings. The number of nitrogens with zero attached hydrogens (tertiary/aromatic N) is 2. The first-order valence-electron chi connectivity index (χ1n) is 7.92. The number of hydrogen-bond acceptors (Lipinski definition) is 4. The van der Waals surface area contributed by atoms with Gasteiger partial charge in [0.05, 0.1) is 25.9 Å². The van der Waals surface area contributed by atoms with E-state index in [-0.39, 0.29) is 36.6 Å². The summed E-state index contributed by atoms with van der Waals surface area (Å²) in [5.41, 5.74) is 1.02. The SMILES string of the molecule is CCNC(=NCCO)NC1CCN(c2cc(Cl)ccc2OC)C1.I. The molecule has 0 bridgehead atoms. The highest BCUT2D eigenvalue weighted by atomic mass is 127. The van der Waals surface area contributed by atoms with Crippen LogP contribution in [0.25, 0.3) is 0 Å². The van der Waals surface area contributed by atoms with E-state index in [2.05, 4.69) is 20.5 Å². The summed E-state index contributed by atoms with van der Waals surface area (Å²) in [6, 6.07) is 5.95. The lowest BCUT2D eigenvalue weighted by molar-refractivity contribution is 0.306. The number of ether oxygens (including phenoxy) is 1. The largest absolute Gasteiger partial charge is 0.495 e. The number of aliphatic hydroxyl groups is 1. The Morgan fingerprint density at radius 3 is 2.96 bits per heavy atom. The molecule has 6 nitrogen and oxygen atoms in total. The zero-order chi connectivity index (χ0) is 16.7. The molecule has 0 amide bonds. The van der Waals surface area contributed by atoms with Crippen LogP contribution in [0.1, 0.15) is 13.3 Å². The maximum Gasteiger partial charge on any atom is 0.191 e. The van der Waals surface area contributed by atoms with Gasteiger partial charge in [0.2, 0.25) is 0 Å². The summed E-state index contributed by atoms with van der Waals surface area (Å²) in [4.78, 5) is 6.58. The molecule has 24 heavy (non-hydrogen) atoms. The number of hydrogen-bond donors (Lipinski definition) is 3. The molecule has 136 valence electrons. The van der Waals surface area contributed by atoms with Gasteiger partial charge in [0.25, 0.3) is 0 Å². The van der Waals surface area contributed by atoms with Gasteiger partial charge >= 0.3 is 0 Å². The van der Waals surface area contributed by atoms with Gasteiger partial charge in [-0.25, -0.2) is 0 Å². The van der Waals surface area contributed by atoms with Crippen molar-refractivity contribution in [3.05, 3.63) is 23.2 Å². The summed E-state index contributed by atoms with van der Waals surface area (Å²) in [6.45, 7) is 5.03. The fourth-order valence-electron chi connectivity index (χ4n) is 2.68. The van der Waals surface area contributed by atoms with Crippen LogP contribution in [0.5, 0.6) is 5.75 Å². The van der Waals surface area contributed by atoms with E-state index < -0.39 is 0 Å². The normalized spacial score (nSPS) is 17.4. The maximum atomic E-state index is 8.92. The van der Waals surface area contributed by atoms with Crippen molar-refractivity contribution < 1.29 is 9.84 Å². The second-order valence-corrected chi connectivity index (χ2v) is 5.81. The lowest BCUT2D eigenvalue weighted by atomic mass is 10.2. The minimum Gasteiger partial charge on any atom is -0.495 e. The van der Waals surface area contributed by atoms with Crippen molar-refractivity contribution in [3.63, 3.8) is 0 Å². The van der Waals surface area contributed by atoms with Crippen LogP contribution in [0, 0.1) is 0 Å². The fourth-order valence-corrected chi connectivity index (χ4v) is 2.85. The molecule has 1 saturated heterocycles. The second-order valence-electron chi connectivity index (χ2n) is 5.38. The Hall–Kier alpha value is -0.930. The molecule has 3 N–H and O–H groups in total. The summed E-state index contributed by atoms with van der Waals surface area (Å²) >= 11 is 6.12. The average Bonchev–Trinajstić information content (AvgIpc) is 3.01. The third-order valence-corrected chi connectivity index (χ3v) is 3.96. The molecule has 1 aliphatic heterocycles. The third kappa shape index (κ3) is 5.86. The molecule has 1 fully saturated rings. The molecule has 2 rings (SSSR count). The Balaban J connectivity index is 0.00000288. The summed E-state index contributed by atoms with van der Waals surface area (Å²) in [6.07, 6.45) is 0.999. The highest BCUT2D eigenvalue weighted by Crippen LogP contribution is 2.33. The third-order valence-electron chi connectivity index (χ3n) is 3.72. The smallest absolute Gasteiger partial charge is 0.191 e. The molecule has 1 aliphatic rings. The molecule has 1 aromatic carbocycles. The van der Waals surface area contributed by atoms with E-state index in [4.69, 9.17) is 21.4 Å². The van der Waals surface area contributed by atoms with Gasteiger partial charge in [-0.1, -0.05) is 11.6 Å². The minimum absolute atomic E-state index is 0. The number of nitrogens with one attached hydrogen (secondary N) is 2. The van der Waals surface area contributed by atoms with Crippen molar-refractivity contribution in [2.24, 2.45) is 4.99 Å². The van der Waals surface area contributed by atoms with Gasteiger partial charge in [0, 0.05) is 30.7 Å². The van der Waals surface area contributed by atoms with E-state index >= 15 is 0 Å². The van der Waals surface area contributed by atoms with E-state index in [9.17, 15) is 0 Å². The predicted molar refractivity (Wildman–Crippen MR) is 110 cm³/mol. The zero-order valence-electron chi connectivity index (χ0n) is 14.1. The molecular weight excluding hydrogens is 443 g/mol. The average molecular weight is 469 g/mol. The number of benzene rings is 1. The van der Waals surface area contributed by atoms with Gasteiger partial charge in [-0.15, -0.1) is 24.0 Å². The summed E-state index contributed by atoms with van der Waals surface area (Å²) in [5.74, 6) is 1.57. The van der Waals surface area contributed by atoms with Crippen LogP contribution in [0.4, 0.5) is 5.69 Å². The number of guanidine groups is 1. The molecule has 0 radical (unpaired) electrons. The molecule has 0 saturated carbocycles. The predicted octanol–water partition coefficient (Wildman–Crippen LogP) is 2.09. The van der Waals surface area contributed by atoms with Crippen LogP contribution in [-0.2, 0) is 0 Å². The lowest BCUT2D eigenvalue weighted by Crippen LogP contribution is -2.44. The van der Waals surface area contributed by atoms with Crippen LogP contribution in [0.2, 0.25) is 5.02 Å². The van der Waals surface area contributed by atoms with Gasteiger partial charge in [-0.2, -0.15) is 0 Å². The number of rotatable bonds is 6. The number of methoxy groups -OCH3 is 1. The first-order chi connectivity index (χ1) is 11.2. The number of anilines is 1.